The van der Waals surface area contributed by atoms with Gasteiger partial charge in [0.05, 0.1) is 5.41 Å². The van der Waals surface area contributed by atoms with Gasteiger partial charge in [-0.3, -0.25) is 14.4 Å². The number of hydrogen-bond acceptors (Lipinski definition) is 4. The van der Waals surface area contributed by atoms with E-state index in [0.717, 1.165) is 25.7 Å². The fraction of sp³-hybridized carbons (Fsp3) is 0.632. The molecule has 2 amide bonds. The van der Waals surface area contributed by atoms with E-state index in [4.69, 9.17) is 0 Å². The number of aliphatic carboxylic acids is 1. The van der Waals surface area contributed by atoms with Crippen molar-refractivity contribution in [1.29, 1.82) is 0 Å². The molecule has 142 valence electrons. The van der Waals surface area contributed by atoms with E-state index in [1.807, 2.05) is 4.90 Å². The third-order valence-electron chi connectivity index (χ3n) is 5.61. The fourth-order valence-electron chi connectivity index (χ4n) is 3.89. The van der Waals surface area contributed by atoms with Gasteiger partial charge in [0.25, 0.3) is 0 Å². The molecule has 0 spiro atoms. The summed E-state index contributed by atoms with van der Waals surface area (Å²) in [6.07, 6.45) is 5.22. The second kappa shape index (κ2) is 8.20. The zero-order chi connectivity index (χ0) is 18.6. The van der Waals surface area contributed by atoms with E-state index in [9.17, 15) is 19.5 Å². The first-order chi connectivity index (χ1) is 12.5. The van der Waals surface area contributed by atoms with Crippen molar-refractivity contribution < 1.29 is 19.5 Å². The van der Waals surface area contributed by atoms with Crippen LogP contribution in [0.5, 0.6) is 0 Å². The smallest absolute Gasteiger partial charge is 0.311 e. The number of nitrogens with one attached hydrogen (secondary N) is 1. The third-order valence-corrected chi connectivity index (χ3v) is 6.64. The largest absolute Gasteiger partial charge is 0.481 e. The van der Waals surface area contributed by atoms with Gasteiger partial charge < -0.3 is 15.3 Å². The Kier molecular flexibility index (Phi) is 5.96. The molecule has 2 N–H and O–H groups in total. The van der Waals surface area contributed by atoms with Crippen LogP contribution < -0.4 is 5.32 Å². The molecule has 7 heteroatoms. The number of carboxylic acids is 1. The molecule has 2 heterocycles. The first kappa shape index (κ1) is 18.9. The van der Waals surface area contributed by atoms with Crippen LogP contribution in [0.2, 0.25) is 0 Å². The summed E-state index contributed by atoms with van der Waals surface area (Å²) in [5, 5.41) is 14.3. The summed E-state index contributed by atoms with van der Waals surface area (Å²) < 4.78 is 0. The standard InChI is InChI=1S/C19H26N2O4S/c22-16(20-13-19(18(24)25)8-2-1-3-9-19)4-5-17(23)21-10-6-15-14(12-21)7-11-26-15/h7,11H,1-6,8-10,12-13H2,(H,20,22)(H,24,25). The zero-order valence-electron chi connectivity index (χ0n) is 15.0. The summed E-state index contributed by atoms with van der Waals surface area (Å²) in [4.78, 5) is 39.3. The van der Waals surface area contributed by atoms with Gasteiger partial charge in [-0.05, 0) is 36.3 Å². The van der Waals surface area contributed by atoms with Gasteiger partial charge in [0.1, 0.15) is 0 Å². The average molecular weight is 378 g/mol. The number of thiophene rings is 1. The Morgan fingerprint density at radius 2 is 1.96 bits per heavy atom. The highest BCUT2D eigenvalue weighted by molar-refractivity contribution is 7.10. The molecule has 3 rings (SSSR count). The van der Waals surface area contributed by atoms with E-state index in [2.05, 4.69) is 16.8 Å². The Balaban J connectivity index is 1.44. The molecular formula is C19H26N2O4S. The number of rotatable bonds is 6. The lowest BCUT2D eigenvalue weighted by molar-refractivity contribution is -0.151. The summed E-state index contributed by atoms with van der Waals surface area (Å²) in [7, 11) is 0. The van der Waals surface area contributed by atoms with E-state index in [1.54, 1.807) is 11.3 Å². The van der Waals surface area contributed by atoms with Gasteiger partial charge in [0.2, 0.25) is 11.8 Å². The van der Waals surface area contributed by atoms with Crippen LogP contribution in [-0.2, 0) is 27.3 Å². The normalized spacial score (nSPS) is 18.8. The molecule has 1 saturated carbocycles. The van der Waals surface area contributed by atoms with Crippen LogP contribution >= 0.6 is 11.3 Å². The number of fused-ring (bicyclic) bond motifs is 1. The molecular weight excluding hydrogens is 352 g/mol. The monoisotopic (exact) mass is 378 g/mol. The minimum Gasteiger partial charge on any atom is -0.481 e. The highest BCUT2D eigenvalue weighted by Gasteiger charge is 2.39. The molecule has 26 heavy (non-hydrogen) atoms. The minimum atomic E-state index is -0.833. The van der Waals surface area contributed by atoms with Crippen molar-refractivity contribution in [2.24, 2.45) is 5.41 Å². The molecule has 2 aliphatic rings. The number of carbonyl (C=O) groups excluding carboxylic acids is 2. The van der Waals surface area contributed by atoms with Crippen molar-refractivity contribution in [2.45, 2.75) is 57.9 Å². The second-order valence-corrected chi connectivity index (χ2v) is 8.36. The number of carboxylic acid groups (broad SMARTS) is 1. The average Bonchev–Trinajstić information content (AvgIpc) is 3.12. The first-order valence-electron chi connectivity index (χ1n) is 9.33. The highest BCUT2D eigenvalue weighted by atomic mass is 32.1. The van der Waals surface area contributed by atoms with Gasteiger partial charge >= 0.3 is 5.97 Å². The van der Waals surface area contributed by atoms with Gasteiger partial charge in [0, 0.05) is 37.4 Å². The Morgan fingerprint density at radius 1 is 1.19 bits per heavy atom. The Hall–Kier alpha value is -1.89. The summed E-state index contributed by atoms with van der Waals surface area (Å²) >= 11 is 1.73. The maximum atomic E-state index is 12.4. The number of nitrogens with zero attached hydrogens (tertiary/aromatic N) is 1. The highest BCUT2D eigenvalue weighted by Crippen LogP contribution is 2.36. The minimum absolute atomic E-state index is 0.0115. The molecule has 1 aliphatic heterocycles. The van der Waals surface area contributed by atoms with Crippen molar-refractivity contribution in [1.82, 2.24) is 10.2 Å². The molecule has 1 aromatic rings. The predicted molar refractivity (Wildman–Crippen MR) is 98.8 cm³/mol. The lowest BCUT2D eigenvalue weighted by Gasteiger charge is -2.33. The number of hydrogen-bond donors (Lipinski definition) is 2. The molecule has 1 aromatic heterocycles. The number of carbonyl (C=O) groups is 3. The fourth-order valence-corrected chi connectivity index (χ4v) is 4.78. The Morgan fingerprint density at radius 3 is 2.69 bits per heavy atom. The molecule has 0 saturated heterocycles. The Bertz CT molecular complexity index is 679. The van der Waals surface area contributed by atoms with Crippen molar-refractivity contribution >= 4 is 29.1 Å². The van der Waals surface area contributed by atoms with E-state index in [-0.39, 0.29) is 31.2 Å². The second-order valence-electron chi connectivity index (χ2n) is 7.36. The van der Waals surface area contributed by atoms with E-state index >= 15 is 0 Å². The third kappa shape index (κ3) is 4.26. The molecule has 0 atom stereocenters. The van der Waals surface area contributed by atoms with Gasteiger partial charge in [-0.15, -0.1) is 11.3 Å². The van der Waals surface area contributed by atoms with Crippen molar-refractivity contribution in [3.05, 3.63) is 21.9 Å². The summed E-state index contributed by atoms with van der Waals surface area (Å²) in [6, 6.07) is 2.06. The van der Waals surface area contributed by atoms with Gasteiger partial charge in [-0.2, -0.15) is 0 Å². The molecule has 6 nitrogen and oxygen atoms in total. The molecule has 0 radical (unpaired) electrons. The van der Waals surface area contributed by atoms with E-state index in [0.29, 0.717) is 25.9 Å². The lowest BCUT2D eigenvalue weighted by atomic mass is 9.74. The molecule has 0 aromatic carbocycles. The quantitative estimate of drug-likeness (QED) is 0.796. The van der Waals surface area contributed by atoms with Crippen LogP contribution in [0.25, 0.3) is 0 Å². The van der Waals surface area contributed by atoms with Crippen LogP contribution in [0.4, 0.5) is 0 Å². The van der Waals surface area contributed by atoms with Crippen LogP contribution in [0, 0.1) is 5.41 Å². The van der Waals surface area contributed by atoms with Crippen LogP contribution in [-0.4, -0.2) is 40.9 Å². The van der Waals surface area contributed by atoms with Crippen LogP contribution in [0.1, 0.15) is 55.4 Å². The van der Waals surface area contributed by atoms with Crippen molar-refractivity contribution in [3.63, 3.8) is 0 Å². The van der Waals surface area contributed by atoms with Gasteiger partial charge in [-0.1, -0.05) is 19.3 Å². The van der Waals surface area contributed by atoms with Crippen molar-refractivity contribution in [3.8, 4) is 0 Å². The van der Waals surface area contributed by atoms with Gasteiger partial charge in [0.15, 0.2) is 0 Å². The maximum Gasteiger partial charge on any atom is 0.311 e. The lowest BCUT2D eigenvalue weighted by Crippen LogP contribution is -2.44. The van der Waals surface area contributed by atoms with Crippen molar-refractivity contribution in [2.75, 3.05) is 13.1 Å². The Labute approximate surface area is 157 Å². The zero-order valence-corrected chi connectivity index (χ0v) is 15.8. The molecule has 0 bridgehead atoms. The predicted octanol–water partition coefficient (Wildman–Crippen LogP) is 2.56. The SMILES string of the molecule is O=C(CCC(=O)N1CCc2sccc2C1)NCC1(C(=O)O)CCCCC1. The van der Waals surface area contributed by atoms with E-state index < -0.39 is 11.4 Å². The molecule has 1 aliphatic carbocycles. The summed E-state index contributed by atoms with van der Waals surface area (Å²) in [5.41, 5.74) is 0.375. The topological polar surface area (TPSA) is 86.7 Å². The summed E-state index contributed by atoms with van der Waals surface area (Å²) in [6.45, 7) is 1.49. The van der Waals surface area contributed by atoms with E-state index in [1.165, 1.54) is 10.4 Å². The maximum absolute atomic E-state index is 12.4. The molecule has 1 fully saturated rings. The van der Waals surface area contributed by atoms with Crippen LogP contribution in [0.15, 0.2) is 11.4 Å². The molecule has 0 unspecified atom stereocenters. The van der Waals surface area contributed by atoms with Crippen LogP contribution in [0.3, 0.4) is 0 Å². The van der Waals surface area contributed by atoms with Gasteiger partial charge in [-0.25, -0.2) is 0 Å². The first-order valence-corrected chi connectivity index (χ1v) is 10.2. The summed E-state index contributed by atoms with van der Waals surface area (Å²) in [5.74, 6) is -1.08. The number of amides is 2.